The summed E-state index contributed by atoms with van der Waals surface area (Å²) in [5.41, 5.74) is 7.74. The van der Waals surface area contributed by atoms with Crippen molar-refractivity contribution in [3.8, 4) is 0 Å². The summed E-state index contributed by atoms with van der Waals surface area (Å²) in [7, 11) is 0. The number of amides is 1. The lowest BCUT2D eigenvalue weighted by Crippen LogP contribution is -2.52. The lowest BCUT2D eigenvalue weighted by atomic mass is 9.93. The van der Waals surface area contributed by atoms with E-state index >= 15 is 0 Å². The highest BCUT2D eigenvalue weighted by Gasteiger charge is 2.24. The van der Waals surface area contributed by atoms with E-state index in [1.54, 1.807) is 6.26 Å². The fourth-order valence-electron chi connectivity index (χ4n) is 2.38. The second-order valence-corrected chi connectivity index (χ2v) is 6.55. The molecule has 1 fully saturated rings. The first kappa shape index (κ1) is 15.1. The standard InChI is InChI=1S/C15H20N2O2S/c1-10(8-13-11(2)9-15(18)17-16-13)12-6-4-5-7-14(12)20(3)19/h4-8,11,13,16H,9H2,1-3H3,(H,17,18)/b10-8+. The van der Waals surface area contributed by atoms with Crippen LogP contribution in [0.1, 0.15) is 25.8 Å². The van der Waals surface area contributed by atoms with Gasteiger partial charge in [0.05, 0.1) is 0 Å². The third-order valence-corrected chi connectivity index (χ3v) is 4.53. The second kappa shape index (κ2) is 6.43. The summed E-state index contributed by atoms with van der Waals surface area (Å²) in [6.07, 6.45) is 4.30. The van der Waals surface area contributed by atoms with Crippen molar-refractivity contribution in [3.63, 3.8) is 0 Å². The molecule has 1 amide bonds. The zero-order valence-electron chi connectivity index (χ0n) is 12.0. The van der Waals surface area contributed by atoms with Crippen molar-refractivity contribution in [2.24, 2.45) is 5.92 Å². The normalized spacial score (nSPS) is 25.2. The summed E-state index contributed by atoms with van der Waals surface area (Å²) in [6.45, 7) is 4.06. The topological polar surface area (TPSA) is 64.2 Å². The van der Waals surface area contributed by atoms with Crippen LogP contribution >= 0.6 is 0 Å². The highest BCUT2D eigenvalue weighted by molar-refractivity contribution is 7.90. The minimum absolute atomic E-state index is 0.0230. The largest absolute Gasteiger partial charge is 0.612 e. The summed E-state index contributed by atoms with van der Waals surface area (Å²) in [5.74, 6) is 0.257. The first-order valence-corrected chi connectivity index (χ1v) is 8.20. The number of rotatable bonds is 3. The van der Waals surface area contributed by atoms with Gasteiger partial charge in [-0.1, -0.05) is 25.1 Å². The van der Waals surface area contributed by atoms with Crippen LogP contribution in [0.2, 0.25) is 0 Å². The molecule has 2 rings (SSSR count). The van der Waals surface area contributed by atoms with Gasteiger partial charge in [0.1, 0.15) is 6.26 Å². The van der Waals surface area contributed by atoms with Gasteiger partial charge < -0.3 is 4.55 Å². The Bertz CT molecular complexity index is 528. The van der Waals surface area contributed by atoms with E-state index in [0.717, 1.165) is 16.0 Å². The monoisotopic (exact) mass is 292 g/mol. The zero-order valence-corrected chi connectivity index (χ0v) is 12.8. The fourth-order valence-corrected chi connectivity index (χ4v) is 3.19. The molecular weight excluding hydrogens is 272 g/mol. The number of benzene rings is 1. The molecule has 2 N–H and O–H groups in total. The number of hydrogen-bond acceptors (Lipinski definition) is 3. The number of hydrogen-bond donors (Lipinski definition) is 2. The van der Waals surface area contributed by atoms with Gasteiger partial charge in [-0.05, 0) is 41.7 Å². The van der Waals surface area contributed by atoms with Crippen molar-refractivity contribution in [1.82, 2.24) is 10.9 Å². The van der Waals surface area contributed by atoms with Crippen LogP contribution in [0.15, 0.2) is 35.2 Å². The summed E-state index contributed by atoms with van der Waals surface area (Å²) in [6, 6.07) is 7.81. The molecule has 5 heteroatoms. The van der Waals surface area contributed by atoms with E-state index in [0.29, 0.717) is 6.42 Å². The van der Waals surface area contributed by atoms with E-state index in [1.807, 2.05) is 38.1 Å². The molecule has 3 unspecified atom stereocenters. The van der Waals surface area contributed by atoms with Gasteiger partial charge in [-0.15, -0.1) is 0 Å². The Morgan fingerprint density at radius 3 is 2.80 bits per heavy atom. The highest BCUT2D eigenvalue weighted by Crippen LogP contribution is 2.25. The van der Waals surface area contributed by atoms with Gasteiger partial charge in [0.25, 0.3) is 0 Å². The van der Waals surface area contributed by atoms with E-state index in [-0.39, 0.29) is 17.9 Å². The number of hydrazine groups is 1. The van der Waals surface area contributed by atoms with Crippen molar-refractivity contribution in [3.05, 3.63) is 35.9 Å². The van der Waals surface area contributed by atoms with Gasteiger partial charge in [-0.3, -0.25) is 10.2 Å². The maximum atomic E-state index is 11.8. The minimum Gasteiger partial charge on any atom is -0.612 e. The van der Waals surface area contributed by atoms with Gasteiger partial charge in [-0.25, -0.2) is 5.43 Å². The summed E-state index contributed by atoms with van der Waals surface area (Å²) >= 11 is -1.01. The number of carbonyl (C=O) groups excluding carboxylic acids is 1. The Kier molecular flexibility index (Phi) is 4.86. The van der Waals surface area contributed by atoms with Crippen LogP contribution in [0.25, 0.3) is 5.57 Å². The van der Waals surface area contributed by atoms with Crippen molar-refractivity contribution >= 4 is 22.7 Å². The lowest BCUT2D eigenvalue weighted by molar-refractivity contribution is -0.125. The molecule has 108 valence electrons. The zero-order chi connectivity index (χ0) is 14.7. The summed E-state index contributed by atoms with van der Waals surface area (Å²) < 4.78 is 11.8. The SMILES string of the molecule is C/C(=C\C1NNC(=O)CC1C)c1ccccc1[S+](C)[O-]. The first-order valence-electron chi connectivity index (χ1n) is 6.64. The molecule has 1 aliphatic heterocycles. The molecule has 0 saturated carbocycles. The molecule has 20 heavy (non-hydrogen) atoms. The molecule has 1 aromatic rings. The summed E-state index contributed by atoms with van der Waals surface area (Å²) in [5, 5.41) is 0. The van der Waals surface area contributed by atoms with Crippen LogP contribution in [0.3, 0.4) is 0 Å². The smallest absolute Gasteiger partial charge is 0.234 e. The fraction of sp³-hybridized carbons (Fsp3) is 0.400. The van der Waals surface area contributed by atoms with E-state index in [9.17, 15) is 9.35 Å². The lowest BCUT2D eigenvalue weighted by Gasteiger charge is -2.28. The Morgan fingerprint density at radius 2 is 2.15 bits per heavy atom. The van der Waals surface area contributed by atoms with Crippen molar-refractivity contribution in [2.75, 3.05) is 6.26 Å². The van der Waals surface area contributed by atoms with Gasteiger partial charge in [0, 0.05) is 18.0 Å². The highest BCUT2D eigenvalue weighted by atomic mass is 32.2. The molecular formula is C15H20N2O2S. The molecule has 1 heterocycles. The molecule has 0 spiro atoms. The molecule has 0 bridgehead atoms. The Labute approximate surface area is 122 Å². The van der Waals surface area contributed by atoms with E-state index in [1.165, 1.54) is 0 Å². The van der Waals surface area contributed by atoms with Gasteiger partial charge >= 0.3 is 0 Å². The van der Waals surface area contributed by atoms with Crippen LogP contribution in [0, 0.1) is 5.92 Å². The van der Waals surface area contributed by atoms with E-state index in [4.69, 9.17) is 0 Å². The van der Waals surface area contributed by atoms with Gasteiger partial charge in [0.2, 0.25) is 5.91 Å². The van der Waals surface area contributed by atoms with Crippen LogP contribution in [-0.4, -0.2) is 22.8 Å². The Balaban J connectivity index is 2.24. The minimum atomic E-state index is -1.01. The quantitative estimate of drug-likeness (QED) is 0.836. The van der Waals surface area contributed by atoms with Crippen LogP contribution in [-0.2, 0) is 16.0 Å². The van der Waals surface area contributed by atoms with Crippen LogP contribution in [0.5, 0.6) is 0 Å². The van der Waals surface area contributed by atoms with Gasteiger partial charge in [0.15, 0.2) is 4.90 Å². The third-order valence-electron chi connectivity index (χ3n) is 3.55. The molecule has 0 aromatic heterocycles. The molecule has 1 aromatic carbocycles. The third kappa shape index (κ3) is 3.42. The van der Waals surface area contributed by atoms with Crippen molar-refractivity contribution in [2.45, 2.75) is 31.2 Å². The van der Waals surface area contributed by atoms with Crippen LogP contribution < -0.4 is 10.9 Å². The van der Waals surface area contributed by atoms with Gasteiger partial charge in [-0.2, -0.15) is 0 Å². The number of allylic oxidation sites excluding steroid dienone is 1. The van der Waals surface area contributed by atoms with Crippen molar-refractivity contribution in [1.29, 1.82) is 0 Å². The number of nitrogens with one attached hydrogen (secondary N) is 2. The van der Waals surface area contributed by atoms with E-state index in [2.05, 4.69) is 16.9 Å². The Morgan fingerprint density at radius 1 is 1.45 bits per heavy atom. The Hall–Kier alpha value is -1.30. The first-order chi connectivity index (χ1) is 9.49. The molecule has 1 aliphatic rings. The molecule has 0 aliphatic carbocycles. The predicted molar refractivity (Wildman–Crippen MR) is 81.3 cm³/mol. The van der Waals surface area contributed by atoms with E-state index < -0.39 is 11.2 Å². The average molecular weight is 292 g/mol. The molecule has 3 atom stereocenters. The average Bonchev–Trinajstić information content (AvgIpc) is 2.41. The maximum Gasteiger partial charge on any atom is 0.234 e. The predicted octanol–water partition coefficient (Wildman–Crippen LogP) is 1.86. The molecule has 4 nitrogen and oxygen atoms in total. The summed E-state index contributed by atoms with van der Waals surface area (Å²) in [4.78, 5) is 12.1. The molecule has 1 saturated heterocycles. The molecule has 0 radical (unpaired) electrons. The van der Waals surface area contributed by atoms with Crippen LogP contribution in [0.4, 0.5) is 0 Å². The van der Waals surface area contributed by atoms with Crippen molar-refractivity contribution < 1.29 is 9.35 Å². The number of carbonyl (C=O) groups is 1. The second-order valence-electron chi connectivity index (χ2n) is 5.20. The maximum absolute atomic E-state index is 11.8.